The van der Waals surface area contributed by atoms with Gasteiger partial charge in [-0.15, -0.1) is 0 Å². The number of hydrogen-bond donors (Lipinski definition) is 1. The van der Waals surface area contributed by atoms with Gasteiger partial charge in [0, 0.05) is 5.02 Å². The number of carbonyl (C=O) groups is 1. The number of hydrazone groups is 1. The molecule has 0 radical (unpaired) electrons. The van der Waals surface area contributed by atoms with Gasteiger partial charge in [-0.3, -0.25) is 4.79 Å². The van der Waals surface area contributed by atoms with E-state index in [2.05, 4.69) is 10.5 Å². The average molecular weight is 409 g/mol. The molecule has 7 heteroatoms. The fourth-order valence-corrected chi connectivity index (χ4v) is 2.87. The number of amides is 1. The molecule has 0 bridgehead atoms. The summed E-state index contributed by atoms with van der Waals surface area (Å²) in [6, 6.07) is 19.8. The van der Waals surface area contributed by atoms with Crippen LogP contribution in [0.15, 0.2) is 71.8 Å². The third-order valence-corrected chi connectivity index (χ3v) is 4.47. The van der Waals surface area contributed by atoms with Crippen molar-refractivity contribution in [3.63, 3.8) is 0 Å². The molecule has 0 aromatic heterocycles. The van der Waals surface area contributed by atoms with Crippen molar-refractivity contribution in [3.05, 3.63) is 88.4 Å². The second-order valence-corrected chi connectivity index (χ2v) is 6.66. The van der Waals surface area contributed by atoms with Crippen LogP contribution in [0.25, 0.3) is 0 Å². The van der Waals surface area contributed by atoms with Gasteiger partial charge in [0.25, 0.3) is 5.91 Å². The Morgan fingerprint density at radius 2 is 1.86 bits per heavy atom. The molecule has 4 rings (SSSR count). The Morgan fingerprint density at radius 1 is 1.07 bits per heavy atom. The van der Waals surface area contributed by atoms with E-state index in [0.29, 0.717) is 34.4 Å². The van der Waals surface area contributed by atoms with E-state index in [1.54, 1.807) is 42.5 Å². The highest BCUT2D eigenvalue weighted by atomic mass is 35.5. The molecule has 6 nitrogen and oxygen atoms in total. The van der Waals surface area contributed by atoms with Gasteiger partial charge < -0.3 is 14.2 Å². The summed E-state index contributed by atoms with van der Waals surface area (Å²) in [4.78, 5) is 12.5. The van der Waals surface area contributed by atoms with Crippen LogP contribution in [0.5, 0.6) is 17.2 Å². The number of nitrogens with one attached hydrogen (secondary N) is 1. The summed E-state index contributed by atoms with van der Waals surface area (Å²) in [6.07, 6.45) is 1.54. The number of para-hydroxylation sites is 1. The summed E-state index contributed by atoms with van der Waals surface area (Å²) >= 11 is 5.90. The normalized spacial score (nSPS) is 12.2. The van der Waals surface area contributed by atoms with Crippen LogP contribution in [0.3, 0.4) is 0 Å². The number of fused-ring (bicyclic) bond motifs is 1. The number of nitrogens with zero attached hydrogens (tertiary/aromatic N) is 1. The van der Waals surface area contributed by atoms with Crippen LogP contribution in [0.1, 0.15) is 21.5 Å². The summed E-state index contributed by atoms with van der Waals surface area (Å²) < 4.78 is 16.4. The zero-order valence-electron chi connectivity index (χ0n) is 15.3. The molecule has 29 heavy (non-hydrogen) atoms. The van der Waals surface area contributed by atoms with Gasteiger partial charge in [-0.1, -0.05) is 35.9 Å². The second-order valence-electron chi connectivity index (χ2n) is 6.22. The summed E-state index contributed by atoms with van der Waals surface area (Å²) in [6.45, 7) is 0.529. The molecule has 0 saturated carbocycles. The van der Waals surface area contributed by atoms with Crippen LogP contribution in [0.4, 0.5) is 0 Å². The molecule has 0 unspecified atom stereocenters. The van der Waals surface area contributed by atoms with E-state index < -0.39 is 0 Å². The smallest absolute Gasteiger partial charge is 0.275 e. The minimum absolute atomic E-state index is 0.208. The van der Waals surface area contributed by atoms with Crippen molar-refractivity contribution in [3.8, 4) is 17.2 Å². The lowest BCUT2D eigenvalue weighted by Crippen LogP contribution is -2.18. The first-order chi connectivity index (χ1) is 14.2. The van der Waals surface area contributed by atoms with Crippen molar-refractivity contribution in [1.29, 1.82) is 0 Å². The quantitative estimate of drug-likeness (QED) is 0.484. The number of carbonyl (C=O) groups excluding carboxylic acids is 1. The Labute approximate surface area is 172 Å². The Bertz CT molecular complexity index is 1050. The zero-order valence-corrected chi connectivity index (χ0v) is 16.1. The molecule has 1 aliphatic rings. The maximum atomic E-state index is 12.5. The molecule has 3 aromatic carbocycles. The van der Waals surface area contributed by atoms with Gasteiger partial charge in [-0.25, -0.2) is 5.43 Å². The number of halogens is 1. The topological polar surface area (TPSA) is 69.2 Å². The van der Waals surface area contributed by atoms with Crippen LogP contribution in [-0.4, -0.2) is 18.9 Å². The van der Waals surface area contributed by atoms with Crippen molar-refractivity contribution >= 4 is 23.7 Å². The standard InChI is InChI=1S/C22H17ClN2O4/c23-17-8-5-15(6-9-17)13-27-19-4-2-1-3-18(19)22(26)25-24-12-16-7-10-20-21(11-16)29-14-28-20/h1-12H,13-14H2,(H,25,26). The molecule has 1 N–H and O–H groups in total. The highest BCUT2D eigenvalue weighted by Crippen LogP contribution is 2.32. The van der Waals surface area contributed by atoms with Gasteiger partial charge in [0.05, 0.1) is 11.8 Å². The first kappa shape index (κ1) is 18.8. The third kappa shape index (κ3) is 4.67. The average Bonchev–Trinajstić information content (AvgIpc) is 3.21. The monoisotopic (exact) mass is 408 g/mol. The van der Waals surface area contributed by atoms with E-state index >= 15 is 0 Å². The molecule has 0 saturated heterocycles. The number of ether oxygens (including phenoxy) is 3. The lowest BCUT2D eigenvalue weighted by Gasteiger charge is -2.10. The molecular weight excluding hydrogens is 392 g/mol. The fraction of sp³-hybridized carbons (Fsp3) is 0.0909. The van der Waals surface area contributed by atoms with Crippen molar-refractivity contribution in [2.75, 3.05) is 6.79 Å². The van der Waals surface area contributed by atoms with Gasteiger partial charge in [0.15, 0.2) is 11.5 Å². The summed E-state index contributed by atoms with van der Waals surface area (Å²) in [7, 11) is 0. The molecule has 1 amide bonds. The van der Waals surface area contributed by atoms with E-state index in [9.17, 15) is 4.79 Å². The minimum atomic E-state index is -0.367. The molecule has 0 fully saturated rings. The molecule has 3 aromatic rings. The van der Waals surface area contributed by atoms with Gasteiger partial charge in [-0.2, -0.15) is 5.10 Å². The van der Waals surface area contributed by atoms with Gasteiger partial charge >= 0.3 is 0 Å². The number of hydrogen-bond acceptors (Lipinski definition) is 5. The van der Waals surface area contributed by atoms with Crippen LogP contribution >= 0.6 is 11.6 Å². The van der Waals surface area contributed by atoms with E-state index in [4.69, 9.17) is 25.8 Å². The fourth-order valence-electron chi connectivity index (χ4n) is 2.74. The lowest BCUT2D eigenvalue weighted by molar-refractivity contribution is 0.0950. The number of benzene rings is 3. The molecule has 0 atom stereocenters. The van der Waals surface area contributed by atoms with E-state index in [0.717, 1.165) is 11.1 Å². The highest BCUT2D eigenvalue weighted by Gasteiger charge is 2.13. The van der Waals surface area contributed by atoms with Gasteiger partial charge in [0.2, 0.25) is 6.79 Å². The highest BCUT2D eigenvalue weighted by molar-refractivity contribution is 6.30. The Balaban J connectivity index is 1.40. The maximum Gasteiger partial charge on any atom is 0.275 e. The lowest BCUT2D eigenvalue weighted by atomic mass is 10.2. The third-order valence-electron chi connectivity index (χ3n) is 4.22. The number of rotatable bonds is 6. The molecule has 0 spiro atoms. The second kappa shape index (κ2) is 8.67. The Morgan fingerprint density at radius 3 is 2.72 bits per heavy atom. The van der Waals surface area contributed by atoms with Crippen LogP contribution < -0.4 is 19.6 Å². The van der Waals surface area contributed by atoms with E-state index in [1.165, 1.54) is 6.21 Å². The minimum Gasteiger partial charge on any atom is -0.488 e. The van der Waals surface area contributed by atoms with E-state index in [-0.39, 0.29) is 12.7 Å². The zero-order chi connectivity index (χ0) is 20.1. The van der Waals surface area contributed by atoms with Crippen molar-refractivity contribution in [2.24, 2.45) is 5.10 Å². The first-order valence-electron chi connectivity index (χ1n) is 8.88. The Hall–Kier alpha value is -3.51. The molecule has 0 aliphatic carbocycles. The SMILES string of the molecule is O=C(NN=Cc1ccc2c(c1)OCO2)c1ccccc1OCc1ccc(Cl)cc1. The predicted octanol–water partition coefficient (Wildman–Crippen LogP) is 4.41. The largest absolute Gasteiger partial charge is 0.488 e. The molecule has 146 valence electrons. The van der Waals surface area contributed by atoms with Crippen molar-refractivity contribution in [2.45, 2.75) is 6.61 Å². The summed E-state index contributed by atoms with van der Waals surface area (Å²) in [5.41, 5.74) is 4.64. The molecule has 1 aliphatic heterocycles. The van der Waals surface area contributed by atoms with Crippen LogP contribution in [-0.2, 0) is 6.61 Å². The maximum absolute atomic E-state index is 12.5. The van der Waals surface area contributed by atoms with Crippen molar-refractivity contribution < 1.29 is 19.0 Å². The molecule has 1 heterocycles. The summed E-state index contributed by atoms with van der Waals surface area (Å²) in [5.74, 6) is 1.45. The summed E-state index contributed by atoms with van der Waals surface area (Å²) in [5, 5.41) is 4.68. The van der Waals surface area contributed by atoms with Crippen LogP contribution in [0, 0.1) is 0 Å². The van der Waals surface area contributed by atoms with Crippen molar-refractivity contribution in [1.82, 2.24) is 5.43 Å². The first-order valence-corrected chi connectivity index (χ1v) is 9.26. The van der Waals surface area contributed by atoms with E-state index in [1.807, 2.05) is 24.3 Å². The van der Waals surface area contributed by atoms with Gasteiger partial charge in [-0.05, 0) is 53.6 Å². The predicted molar refractivity (Wildman–Crippen MR) is 110 cm³/mol. The Kier molecular flexibility index (Phi) is 5.63. The molecular formula is C22H17ClN2O4. The van der Waals surface area contributed by atoms with Gasteiger partial charge in [0.1, 0.15) is 12.4 Å². The van der Waals surface area contributed by atoms with Crippen LogP contribution in [0.2, 0.25) is 5.02 Å².